The number of halogens is 1. The third kappa shape index (κ3) is 2.56. The fourth-order valence-electron chi connectivity index (χ4n) is 1.17. The first-order chi connectivity index (χ1) is 6.84. The molecule has 1 radical (unpaired) electrons. The van der Waals surface area contributed by atoms with E-state index in [0.717, 1.165) is 17.1 Å². The average Bonchev–Trinajstić information content (AvgIpc) is 2.70. The Bertz CT molecular complexity index is 380. The van der Waals surface area contributed by atoms with Crippen LogP contribution in [0.1, 0.15) is 11.3 Å². The molecule has 14 heavy (non-hydrogen) atoms. The summed E-state index contributed by atoms with van der Waals surface area (Å²) in [4.78, 5) is 4.19. The van der Waals surface area contributed by atoms with Crippen molar-refractivity contribution in [3.8, 4) is 0 Å². The van der Waals surface area contributed by atoms with E-state index in [-0.39, 0.29) is 0 Å². The van der Waals surface area contributed by atoms with E-state index in [4.69, 9.17) is 11.6 Å². The van der Waals surface area contributed by atoms with Crippen LogP contribution in [0.2, 0.25) is 5.02 Å². The topological polar surface area (TPSA) is 12.9 Å². The lowest BCUT2D eigenvalue weighted by Gasteiger charge is -1.98. The smallest absolute Gasteiger partial charge is 0.0794 e. The van der Waals surface area contributed by atoms with Crippen molar-refractivity contribution in [2.24, 2.45) is 0 Å². The molecule has 1 aromatic heterocycles. The van der Waals surface area contributed by atoms with Gasteiger partial charge in [-0.2, -0.15) is 0 Å². The minimum absolute atomic E-state index is 0.780. The van der Waals surface area contributed by atoms with Gasteiger partial charge < -0.3 is 0 Å². The molecule has 0 unspecified atom stereocenters. The van der Waals surface area contributed by atoms with Gasteiger partial charge in [0.25, 0.3) is 0 Å². The molecule has 1 heterocycles. The molecule has 0 aliphatic heterocycles. The van der Waals surface area contributed by atoms with E-state index in [1.807, 2.05) is 35.2 Å². The van der Waals surface area contributed by atoms with E-state index in [2.05, 4.69) is 11.4 Å². The molecule has 0 atom stereocenters. The SMILES string of the molecule is Clc1ccc(C[CH]c2cscn2)cc1. The van der Waals surface area contributed by atoms with Crippen molar-refractivity contribution >= 4 is 22.9 Å². The Kier molecular flexibility index (Phi) is 3.17. The number of nitrogens with zero attached hydrogens (tertiary/aromatic N) is 1. The van der Waals surface area contributed by atoms with Crippen LogP contribution >= 0.6 is 22.9 Å². The largest absolute Gasteiger partial charge is 0.249 e. The molecule has 0 amide bonds. The van der Waals surface area contributed by atoms with Crippen molar-refractivity contribution in [2.45, 2.75) is 6.42 Å². The summed E-state index contributed by atoms with van der Waals surface area (Å²) < 4.78 is 0. The van der Waals surface area contributed by atoms with Gasteiger partial charge in [0.2, 0.25) is 0 Å². The molecule has 0 N–H and O–H groups in total. The van der Waals surface area contributed by atoms with E-state index in [1.165, 1.54) is 5.56 Å². The number of rotatable bonds is 3. The summed E-state index contributed by atoms with van der Waals surface area (Å²) in [5, 5.41) is 2.82. The Morgan fingerprint density at radius 1 is 1.29 bits per heavy atom. The number of thiazole rings is 1. The van der Waals surface area contributed by atoms with E-state index in [9.17, 15) is 0 Å². The first-order valence-corrected chi connectivity index (χ1v) is 5.62. The maximum Gasteiger partial charge on any atom is 0.0794 e. The van der Waals surface area contributed by atoms with E-state index < -0.39 is 0 Å². The Morgan fingerprint density at radius 3 is 2.71 bits per heavy atom. The predicted molar refractivity (Wildman–Crippen MR) is 60.7 cm³/mol. The first kappa shape index (κ1) is 9.69. The zero-order valence-electron chi connectivity index (χ0n) is 7.48. The predicted octanol–water partition coefficient (Wildman–Crippen LogP) is 3.59. The van der Waals surface area contributed by atoms with Gasteiger partial charge in [-0.15, -0.1) is 11.3 Å². The Labute approximate surface area is 92.4 Å². The van der Waals surface area contributed by atoms with Gasteiger partial charge in [-0.25, -0.2) is 4.98 Å². The molecule has 1 nitrogen and oxygen atoms in total. The molecule has 0 fully saturated rings. The summed E-state index contributed by atoms with van der Waals surface area (Å²) in [6, 6.07) is 7.88. The number of hydrogen-bond donors (Lipinski definition) is 0. The second kappa shape index (κ2) is 4.58. The second-order valence-corrected chi connectivity index (χ2v) is 4.10. The van der Waals surface area contributed by atoms with Crippen LogP contribution in [-0.4, -0.2) is 4.98 Å². The quantitative estimate of drug-likeness (QED) is 0.774. The Morgan fingerprint density at radius 2 is 2.07 bits per heavy atom. The summed E-state index contributed by atoms with van der Waals surface area (Å²) >= 11 is 7.40. The summed E-state index contributed by atoms with van der Waals surface area (Å²) in [7, 11) is 0. The highest BCUT2D eigenvalue weighted by Crippen LogP contribution is 2.13. The Balaban J connectivity index is 1.95. The molecule has 3 heteroatoms. The number of aromatic nitrogens is 1. The lowest BCUT2D eigenvalue weighted by atomic mass is 10.1. The lowest BCUT2D eigenvalue weighted by molar-refractivity contribution is 1.12. The molecule has 2 aromatic rings. The monoisotopic (exact) mass is 222 g/mol. The molecule has 0 saturated carbocycles. The molecule has 71 valence electrons. The highest BCUT2D eigenvalue weighted by molar-refractivity contribution is 7.07. The van der Waals surface area contributed by atoms with Gasteiger partial charge in [0.1, 0.15) is 0 Å². The molecule has 1 aromatic carbocycles. The first-order valence-electron chi connectivity index (χ1n) is 4.30. The van der Waals surface area contributed by atoms with Crippen LogP contribution in [0.25, 0.3) is 0 Å². The van der Waals surface area contributed by atoms with Gasteiger partial charge in [-0.05, 0) is 24.1 Å². The van der Waals surface area contributed by atoms with Crippen LogP contribution in [0.5, 0.6) is 0 Å². The Hall–Kier alpha value is -0.860. The van der Waals surface area contributed by atoms with Crippen LogP contribution < -0.4 is 0 Å². The number of benzene rings is 1. The minimum atomic E-state index is 0.780. The van der Waals surface area contributed by atoms with Crippen molar-refractivity contribution in [3.63, 3.8) is 0 Å². The van der Waals surface area contributed by atoms with E-state index >= 15 is 0 Å². The molecular weight excluding hydrogens is 214 g/mol. The second-order valence-electron chi connectivity index (χ2n) is 2.95. The molecule has 0 spiro atoms. The van der Waals surface area contributed by atoms with Crippen LogP contribution in [-0.2, 0) is 6.42 Å². The van der Waals surface area contributed by atoms with Crippen LogP contribution in [0.4, 0.5) is 0 Å². The van der Waals surface area contributed by atoms with E-state index in [0.29, 0.717) is 0 Å². The zero-order chi connectivity index (χ0) is 9.80. The molecule has 2 rings (SSSR count). The maximum absolute atomic E-state index is 5.79. The average molecular weight is 223 g/mol. The third-order valence-electron chi connectivity index (χ3n) is 1.91. The molecule has 0 aliphatic rings. The van der Waals surface area contributed by atoms with Crippen molar-refractivity contribution in [2.75, 3.05) is 0 Å². The fourth-order valence-corrected chi connectivity index (χ4v) is 1.83. The van der Waals surface area contributed by atoms with E-state index in [1.54, 1.807) is 11.3 Å². The summed E-state index contributed by atoms with van der Waals surface area (Å²) in [6.45, 7) is 0. The van der Waals surface area contributed by atoms with Gasteiger partial charge in [-0.1, -0.05) is 23.7 Å². The minimum Gasteiger partial charge on any atom is -0.249 e. The van der Waals surface area contributed by atoms with Gasteiger partial charge in [0, 0.05) is 16.8 Å². The highest BCUT2D eigenvalue weighted by atomic mass is 35.5. The normalized spacial score (nSPS) is 10.4. The van der Waals surface area contributed by atoms with Crippen LogP contribution in [0, 0.1) is 6.42 Å². The van der Waals surface area contributed by atoms with Gasteiger partial charge in [0.05, 0.1) is 11.2 Å². The summed E-state index contributed by atoms with van der Waals surface area (Å²) in [6.07, 6.45) is 3.01. The van der Waals surface area contributed by atoms with Crippen LogP contribution in [0.15, 0.2) is 35.2 Å². The lowest BCUT2D eigenvalue weighted by Crippen LogP contribution is -1.87. The molecular formula is C11H9ClNS. The zero-order valence-corrected chi connectivity index (χ0v) is 9.05. The standard InChI is InChI=1S/C11H9ClNS/c12-10-4-1-9(2-5-10)3-6-11-7-14-8-13-11/h1-2,4-8H,3H2. The molecule has 0 bridgehead atoms. The van der Waals surface area contributed by atoms with Gasteiger partial charge in [-0.3, -0.25) is 0 Å². The van der Waals surface area contributed by atoms with Crippen molar-refractivity contribution < 1.29 is 0 Å². The molecule has 0 aliphatic carbocycles. The number of hydrogen-bond acceptors (Lipinski definition) is 2. The van der Waals surface area contributed by atoms with Gasteiger partial charge in [0.15, 0.2) is 0 Å². The highest BCUT2D eigenvalue weighted by Gasteiger charge is 1.97. The maximum atomic E-state index is 5.79. The summed E-state index contributed by atoms with van der Waals surface area (Å²) in [5.41, 5.74) is 4.14. The van der Waals surface area contributed by atoms with Crippen LogP contribution in [0.3, 0.4) is 0 Å². The van der Waals surface area contributed by atoms with Crippen molar-refractivity contribution in [3.05, 3.63) is 57.9 Å². The van der Waals surface area contributed by atoms with Gasteiger partial charge >= 0.3 is 0 Å². The van der Waals surface area contributed by atoms with Crippen molar-refractivity contribution in [1.29, 1.82) is 0 Å². The van der Waals surface area contributed by atoms with Crippen molar-refractivity contribution in [1.82, 2.24) is 4.98 Å². The fraction of sp³-hybridized carbons (Fsp3) is 0.0909. The molecule has 0 saturated heterocycles. The summed E-state index contributed by atoms with van der Waals surface area (Å²) in [5.74, 6) is 0. The third-order valence-corrected chi connectivity index (χ3v) is 2.77.